The van der Waals surface area contributed by atoms with Crippen LogP contribution in [-0.4, -0.2) is 9.78 Å². The molecule has 0 saturated heterocycles. The third-order valence-electron chi connectivity index (χ3n) is 3.48. The predicted molar refractivity (Wildman–Crippen MR) is 83.0 cm³/mol. The Bertz CT molecular complexity index is 807. The second kappa shape index (κ2) is 5.60. The van der Waals surface area contributed by atoms with Gasteiger partial charge < -0.3 is 5.32 Å². The fourth-order valence-electron chi connectivity index (χ4n) is 2.45. The van der Waals surface area contributed by atoms with Crippen LogP contribution in [0, 0.1) is 18.6 Å². The molecule has 0 spiro atoms. The zero-order valence-corrected chi connectivity index (χ0v) is 12.3. The van der Waals surface area contributed by atoms with Crippen molar-refractivity contribution >= 4 is 11.5 Å². The normalized spacial score (nSPS) is 10.7. The molecule has 1 heterocycles. The molecule has 5 heteroatoms. The van der Waals surface area contributed by atoms with E-state index in [9.17, 15) is 8.78 Å². The highest BCUT2D eigenvalue weighted by molar-refractivity contribution is 5.80. The zero-order chi connectivity index (χ0) is 15.7. The zero-order valence-electron chi connectivity index (χ0n) is 12.3. The average Bonchev–Trinajstić information content (AvgIpc) is 2.77. The first-order valence-electron chi connectivity index (χ1n) is 6.87. The van der Waals surface area contributed by atoms with E-state index in [4.69, 9.17) is 0 Å². The van der Waals surface area contributed by atoms with Crippen LogP contribution in [0.5, 0.6) is 0 Å². The van der Waals surface area contributed by atoms with E-state index in [0.29, 0.717) is 11.5 Å². The Kier molecular flexibility index (Phi) is 3.63. The third-order valence-corrected chi connectivity index (χ3v) is 3.48. The molecule has 0 aliphatic carbocycles. The van der Waals surface area contributed by atoms with E-state index in [0.717, 1.165) is 16.8 Å². The van der Waals surface area contributed by atoms with E-state index < -0.39 is 0 Å². The van der Waals surface area contributed by atoms with E-state index in [2.05, 4.69) is 10.4 Å². The van der Waals surface area contributed by atoms with E-state index >= 15 is 0 Å². The van der Waals surface area contributed by atoms with E-state index in [-0.39, 0.29) is 11.6 Å². The van der Waals surface area contributed by atoms with Crippen molar-refractivity contribution < 1.29 is 8.78 Å². The number of benzene rings is 2. The van der Waals surface area contributed by atoms with Gasteiger partial charge in [0.1, 0.15) is 17.5 Å². The fraction of sp³-hybridized carbons (Fsp3) is 0.118. The van der Waals surface area contributed by atoms with Crippen LogP contribution in [0.4, 0.5) is 20.3 Å². The Morgan fingerprint density at radius 3 is 2.36 bits per heavy atom. The smallest absolute Gasteiger partial charge is 0.146 e. The van der Waals surface area contributed by atoms with Crippen LogP contribution in [0.1, 0.15) is 5.69 Å². The van der Waals surface area contributed by atoms with Gasteiger partial charge >= 0.3 is 0 Å². The summed E-state index contributed by atoms with van der Waals surface area (Å²) in [7, 11) is 1.78. The van der Waals surface area contributed by atoms with Gasteiger partial charge in [-0.3, -0.25) is 4.68 Å². The molecule has 0 atom stereocenters. The number of hydrogen-bond donors (Lipinski definition) is 1. The fourth-order valence-corrected chi connectivity index (χ4v) is 2.45. The van der Waals surface area contributed by atoms with E-state index in [1.165, 1.54) is 18.2 Å². The molecule has 22 heavy (non-hydrogen) atoms. The lowest BCUT2D eigenvalue weighted by Crippen LogP contribution is -2.01. The maximum Gasteiger partial charge on any atom is 0.146 e. The highest BCUT2D eigenvalue weighted by Crippen LogP contribution is 2.33. The molecule has 0 fully saturated rings. The van der Waals surface area contributed by atoms with Crippen LogP contribution in [0.25, 0.3) is 11.1 Å². The van der Waals surface area contributed by atoms with Crippen molar-refractivity contribution in [2.45, 2.75) is 6.92 Å². The first-order chi connectivity index (χ1) is 10.6. The number of para-hydroxylation sites is 1. The van der Waals surface area contributed by atoms with Crippen molar-refractivity contribution in [2.75, 3.05) is 5.32 Å². The van der Waals surface area contributed by atoms with E-state index in [1.807, 2.05) is 6.92 Å². The third kappa shape index (κ3) is 2.57. The summed E-state index contributed by atoms with van der Waals surface area (Å²) in [5.41, 5.74) is 2.80. The Balaban J connectivity index is 2.08. The summed E-state index contributed by atoms with van der Waals surface area (Å²) in [6, 6.07) is 12.6. The summed E-state index contributed by atoms with van der Waals surface area (Å²) >= 11 is 0. The molecule has 0 bridgehead atoms. The van der Waals surface area contributed by atoms with Gasteiger partial charge in [-0.1, -0.05) is 24.3 Å². The molecule has 2 aromatic carbocycles. The lowest BCUT2D eigenvalue weighted by molar-refractivity contribution is 0.628. The molecule has 3 nitrogen and oxygen atoms in total. The molecule has 112 valence electrons. The van der Waals surface area contributed by atoms with Gasteiger partial charge in [-0.05, 0) is 36.8 Å². The average molecular weight is 299 g/mol. The first-order valence-corrected chi connectivity index (χ1v) is 6.87. The second-order valence-corrected chi connectivity index (χ2v) is 5.04. The summed E-state index contributed by atoms with van der Waals surface area (Å²) in [5.74, 6) is 0.0227. The lowest BCUT2D eigenvalue weighted by atomic mass is 10.1. The summed E-state index contributed by atoms with van der Waals surface area (Å²) < 4.78 is 28.6. The first kappa shape index (κ1) is 14.3. The minimum absolute atomic E-state index is 0.297. The number of aromatic nitrogens is 2. The molecule has 1 aromatic heterocycles. The van der Waals surface area contributed by atoms with Crippen LogP contribution < -0.4 is 5.32 Å². The van der Waals surface area contributed by atoms with Gasteiger partial charge in [0.25, 0.3) is 0 Å². The van der Waals surface area contributed by atoms with Gasteiger partial charge in [-0.2, -0.15) is 5.10 Å². The number of nitrogens with one attached hydrogen (secondary N) is 1. The number of rotatable bonds is 3. The van der Waals surface area contributed by atoms with Crippen molar-refractivity contribution in [3.63, 3.8) is 0 Å². The van der Waals surface area contributed by atoms with Crippen LogP contribution in [0.15, 0.2) is 48.5 Å². The Labute approximate surface area is 127 Å². The molecular weight excluding hydrogens is 284 g/mol. The van der Waals surface area contributed by atoms with Gasteiger partial charge in [-0.15, -0.1) is 0 Å². The molecule has 1 N–H and O–H groups in total. The maximum atomic E-state index is 13.9. The number of aryl methyl sites for hydroxylation is 2. The van der Waals surface area contributed by atoms with Gasteiger partial charge in [0.2, 0.25) is 0 Å². The summed E-state index contributed by atoms with van der Waals surface area (Å²) in [5, 5.41) is 7.45. The molecule has 3 aromatic rings. The number of hydrogen-bond acceptors (Lipinski definition) is 2. The monoisotopic (exact) mass is 299 g/mol. The molecule has 3 rings (SSSR count). The van der Waals surface area contributed by atoms with Crippen LogP contribution in [0.3, 0.4) is 0 Å². The minimum Gasteiger partial charge on any atom is -0.338 e. The van der Waals surface area contributed by atoms with Crippen molar-refractivity contribution in [1.82, 2.24) is 9.78 Å². The minimum atomic E-state index is -0.341. The molecule has 0 aliphatic rings. The summed E-state index contributed by atoms with van der Waals surface area (Å²) in [6.07, 6.45) is 0. The molecule has 0 radical (unpaired) electrons. The maximum absolute atomic E-state index is 13.9. The van der Waals surface area contributed by atoms with Crippen molar-refractivity contribution in [1.29, 1.82) is 0 Å². The molecule has 0 unspecified atom stereocenters. The van der Waals surface area contributed by atoms with Crippen LogP contribution in [0.2, 0.25) is 0 Å². The van der Waals surface area contributed by atoms with Gasteiger partial charge in [0.15, 0.2) is 0 Å². The van der Waals surface area contributed by atoms with Gasteiger partial charge in [0.05, 0.1) is 11.4 Å². The van der Waals surface area contributed by atoms with Crippen LogP contribution in [-0.2, 0) is 7.05 Å². The van der Waals surface area contributed by atoms with Crippen molar-refractivity contribution in [2.24, 2.45) is 7.05 Å². The molecule has 0 aliphatic heterocycles. The van der Waals surface area contributed by atoms with Gasteiger partial charge in [-0.25, -0.2) is 8.78 Å². The second-order valence-electron chi connectivity index (χ2n) is 5.04. The topological polar surface area (TPSA) is 29.9 Å². The Morgan fingerprint density at radius 1 is 1.00 bits per heavy atom. The standard InChI is InChI=1S/C17H15F2N3/c1-11-16(12-7-9-13(18)10-8-12)17(22(2)21-11)20-15-6-4-3-5-14(15)19/h3-10,20H,1-2H3. The number of halogens is 2. The quantitative estimate of drug-likeness (QED) is 0.776. The number of nitrogens with zero attached hydrogens (tertiary/aromatic N) is 2. The SMILES string of the molecule is Cc1nn(C)c(Nc2ccccc2F)c1-c1ccc(F)cc1. The predicted octanol–water partition coefficient (Wildman–Crippen LogP) is 4.42. The van der Waals surface area contributed by atoms with Crippen molar-refractivity contribution in [3.05, 3.63) is 65.9 Å². The molecule has 0 amide bonds. The molecule has 0 saturated carbocycles. The largest absolute Gasteiger partial charge is 0.338 e. The lowest BCUT2D eigenvalue weighted by Gasteiger charge is -2.11. The molecular formula is C17H15F2N3. The van der Waals surface area contributed by atoms with E-state index in [1.54, 1.807) is 42.1 Å². The Morgan fingerprint density at radius 2 is 1.68 bits per heavy atom. The van der Waals surface area contributed by atoms with Crippen molar-refractivity contribution in [3.8, 4) is 11.1 Å². The summed E-state index contributed by atoms with van der Waals surface area (Å²) in [6.45, 7) is 1.87. The highest BCUT2D eigenvalue weighted by Gasteiger charge is 2.16. The summed E-state index contributed by atoms with van der Waals surface area (Å²) in [4.78, 5) is 0. The Hall–Kier alpha value is -2.69. The van der Waals surface area contributed by atoms with Gasteiger partial charge in [0, 0.05) is 12.6 Å². The highest BCUT2D eigenvalue weighted by atomic mass is 19.1. The van der Waals surface area contributed by atoms with Crippen LogP contribution >= 0.6 is 0 Å². The number of anilines is 2.